The molecular formula is C12H18N2O3S. The zero-order chi connectivity index (χ0) is 13.7. The SMILES string of the molecule is Cc1ccc(C(C)NCCS(C)=O)cc1[N+](=O)[O-]. The second-order valence-corrected chi connectivity index (χ2v) is 5.81. The smallest absolute Gasteiger partial charge is 0.272 e. The van der Waals surface area contributed by atoms with E-state index in [-0.39, 0.29) is 16.7 Å². The van der Waals surface area contributed by atoms with E-state index >= 15 is 0 Å². The largest absolute Gasteiger partial charge is 0.309 e. The lowest BCUT2D eigenvalue weighted by Crippen LogP contribution is -2.23. The van der Waals surface area contributed by atoms with Crippen molar-refractivity contribution in [2.24, 2.45) is 0 Å². The summed E-state index contributed by atoms with van der Waals surface area (Å²) in [6.45, 7) is 4.29. The van der Waals surface area contributed by atoms with E-state index in [1.54, 1.807) is 25.3 Å². The van der Waals surface area contributed by atoms with E-state index < -0.39 is 10.8 Å². The summed E-state index contributed by atoms with van der Waals surface area (Å²) in [7, 11) is -0.824. The third-order valence-corrected chi connectivity index (χ3v) is 3.55. The molecule has 1 aromatic rings. The van der Waals surface area contributed by atoms with Gasteiger partial charge in [0.1, 0.15) is 0 Å². The number of benzene rings is 1. The first-order valence-corrected chi connectivity index (χ1v) is 7.43. The van der Waals surface area contributed by atoms with Gasteiger partial charge in [0.05, 0.1) is 4.92 Å². The molecule has 0 bridgehead atoms. The van der Waals surface area contributed by atoms with Crippen molar-refractivity contribution in [2.45, 2.75) is 19.9 Å². The summed E-state index contributed by atoms with van der Waals surface area (Å²) >= 11 is 0. The van der Waals surface area contributed by atoms with Gasteiger partial charge in [0.15, 0.2) is 0 Å². The molecule has 1 rings (SSSR count). The third-order valence-electron chi connectivity index (χ3n) is 2.77. The maximum atomic E-state index is 10.9. The van der Waals surface area contributed by atoms with Gasteiger partial charge in [0.25, 0.3) is 5.69 Å². The molecular weight excluding hydrogens is 252 g/mol. The monoisotopic (exact) mass is 270 g/mol. The first kappa shape index (κ1) is 14.8. The number of nitrogens with one attached hydrogen (secondary N) is 1. The quantitative estimate of drug-likeness (QED) is 0.633. The topological polar surface area (TPSA) is 72.2 Å². The lowest BCUT2D eigenvalue weighted by Gasteiger charge is -2.14. The Morgan fingerprint density at radius 1 is 1.50 bits per heavy atom. The van der Waals surface area contributed by atoms with Gasteiger partial charge in [-0.3, -0.25) is 14.3 Å². The molecule has 5 nitrogen and oxygen atoms in total. The van der Waals surface area contributed by atoms with E-state index in [9.17, 15) is 14.3 Å². The van der Waals surface area contributed by atoms with Gasteiger partial charge in [-0.2, -0.15) is 0 Å². The van der Waals surface area contributed by atoms with Crippen molar-refractivity contribution >= 4 is 16.5 Å². The normalized spacial score (nSPS) is 14.2. The molecule has 18 heavy (non-hydrogen) atoms. The van der Waals surface area contributed by atoms with E-state index in [0.29, 0.717) is 17.9 Å². The number of aryl methyl sites for hydroxylation is 1. The van der Waals surface area contributed by atoms with Crippen LogP contribution in [0.2, 0.25) is 0 Å². The van der Waals surface area contributed by atoms with Gasteiger partial charge in [-0.1, -0.05) is 12.1 Å². The maximum Gasteiger partial charge on any atom is 0.272 e. The Labute approximate surface area is 109 Å². The molecule has 0 aliphatic rings. The van der Waals surface area contributed by atoms with Gasteiger partial charge < -0.3 is 5.32 Å². The van der Waals surface area contributed by atoms with Crippen LogP contribution in [0.25, 0.3) is 0 Å². The van der Waals surface area contributed by atoms with Crippen molar-refractivity contribution in [3.05, 3.63) is 39.4 Å². The molecule has 0 fully saturated rings. The summed E-state index contributed by atoms with van der Waals surface area (Å²) in [5.41, 5.74) is 1.67. The lowest BCUT2D eigenvalue weighted by atomic mass is 10.0. The van der Waals surface area contributed by atoms with Crippen LogP contribution in [-0.4, -0.2) is 27.7 Å². The predicted octanol–water partition coefficient (Wildman–Crippen LogP) is 1.93. The predicted molar refractivity (Wildman–Crippen MR) is 73.2 cm³/mol. The summed E-state index contributed by atoms with van der Waals surface area (Å²) in [6, 6.07) is 5.23. The van der Waals surface area contributed by atoms with Crippen molar-refractivity contribution in [3.8, 4) is 0 Å². The minimum absolute atomic E-state index is 0.00727. The van der Waals surface area contributed by atoms with Gasteiger partial charge in [-0.15, -0.1) is 0 Å². The summed E-state index contributed by atoms with van der Waals surface area (Å²) in [6.07, 6.45) is 1.66. The second-order valence-electron chi connectivity index (χ2n) is 4.26. The Kier molecular flexibility index (Phi) is 5.43. The zero-order valence-corrected chi connectivity index (χ0v) is 11.6. The van der Waals surface area contributed by atoms with E-state index in [0.717, 1.165) is 5.56 Å². The number of hydrogen-bond donors (Lipinski definition) is 1. The van der Waals surface area contributed by atoms with Crippen molar-refractivity contribution < 1.29 is 9.13 Å². The molecule has 2 atom stereocenters. The third kappa shape index (κ3) is 4.19. The number of nitro groups is 1. The first-order valence-electron chi connectivity index (χ1n) is 5.70. The van der Waals surface area contributed by atoms with Crippen LogP contribution in [0.1, 0.15) is 24.1 Å². The Morgan fingerprint density at radius 3 is 2.72 bits per heavy atom. The minimum Gasteiger partial charge on any atom is -0.309 e. The number of nitro benzene ring substituents is 1. The van der Waals surface area contributed by atoms with Gasteiger partial charge in [-0.25, -0.2) is 0 Å². The molecule has 6 heteroatoms. The average molecular weight is 270 g/mol. The fourth-order valence-corrected chi connectivity index (χ4v) is 2.03. The summed E-state index contributed by atoms with van der Waals surface area (Å²) in [5.74, 6) is 0.582. The van der Waals surface area contributed by atoms with Crippen LogP contribution in [0.4, 0.5) is 5.69 Å². The average Bonchev–Trinajstić information content (AvgIpc) is 2.28. The first-order chi connectivity index (χ1) is 8.41. The van der Waals surface area contributed by atoms with Crippen molar-refractivity contribution in [1.29, 1.82) is 0 Å². The number of rotatable bonds is 6. The number of hydrogen-bond acceptors (Lipinski definition) is 4. The molecule has 2 unspecified atom stereocenters. The highest BCUT2D eigenvalue weighted by Crippen LogP contribution is 2.22. The Bertz CT molecular complexity index is 463. The van der Waals surface area contributed by atoms with Crippen LogP contribution < -0.4 is 5.32 Å². The molecule has 1 aromatic carbocycles. The summed E-state index contributed by atoms with van der Waals surface area (Å²) in [5, 5.41) is 14.0. The molecule has 0 saturated carbocycles. The zero-order valence-electron chi connectivity index (χ0n) is 10.8. The Morgan fingerprint density at radius 2 is 2.17 bits per heavy atom. The molecule has 0 aliphatic carbocycles. The molecule has 0 spiro atoms. The molecule has 0 aromatic heterocycles. The lowest BCUT2D eigenvalue weighted by molar-refractivity contribution is -0.385. The van der Waals surface area contributed by atoms with E-state index in [2.05, 4.69) is 5.32 Å². The summed E-state index contributed by atoms with van der Waals surface area (Å²) in [4.78, 5) is 10.5. The van der Waals surface area contributed by atoms with Crippen molar-refractivity contribution in [1.82, 2.24) is 5.32 Å². The van der Waals surface area contributed by atoms with Crippen LogP contribution in [0.3, 0.4) is 0 Å². The standard InChI is InChI=1S/C12H18N2O3S/c1-9-4-5-11(8-12(9)14(15)16)10(2)13-6-7-18(3)17/h4-5,8,10,13H,6-7H2,1-3H3. The van der Waals surface area contributed by atoms with Crippen molar-refractivity contribution in [2.75, 3.05) is 18.6 Å². The molecule has 0 radical (unpaired) electrons. The van der Waals surface area contributed by atoms with Crippen LogP contribution >= 0.6 is 0 Å². The second kappa shape index (κ2) is 6.61. The minimum atomic E-state index is -0.824. The summed E-state index contributed by atoms with van der Waals surface area (Å²) < 4.78 is 10.9. The van der Waals surface area contributed by atoms with E-state index in [1.165, 1.54) is 0 Å². The van der Waals surface area contributed by atoms with Gasteiger partial charge in [-0.05, 0) is 19.4 Å². The van der Waals surface area contributed by atoms with Crippen molar-refractivity contribution in [3.63, 3.8) is 0 Å². The van der Waals surface area contributed by atoms with Crippen LogP contribution in [0, 0.1) is 17.0 Å². The highest BCUT2D eigenvalue weighted by molar-refractivity contribution is 7.84. The Balaban J connectivity index is 2.74. The molecule has 1 N–H and O–H groups in total. The van der Waals surface area contributed by atoms with E-state index in [4.69, 9.17) is 0 Å². The van der Waals surface area contributed by atoms with Crippen LogP contribution in [-0.2, 0) is 10.8 Å². The number of nitrogens with zero attached hydrogens (tertiary/aromatic N) is 1. The fraction of sp³-hybridized carbons (Fsp3) is 0.500. The Hall–Kier alpha value is -1.27. The van der Waals surface area contributed by atoms with E-state index in [1.807, 2.05) is 13.0 Å². The van der Waals surface area contributed by atoms with Crippen LogP contribution in [0.15, 0.2) is 18.2 Å². The van der Waals surface area contributed by atoms with Gasteiger partial charge >= 0.3 is 0 Å². The molecule has 0 aliphatic heterocycles. The molecule has 0 heterocycles. The van der Waals surface area contributed by atoms with Gasteiger partial charge in [0, 0.05) is 47.0 Å². The van der Waals surface area contributed by atoms with Crippen LogP contribution in [0.5, 0.6) is 0 Å². The highest BCUT2D eigenvalue weighted by atomic mass is 32.2. The molecule has 0 amide bonds. The molecule has 100 valence electrons. The fourth-order valence-electron chi connectivity index (χ4n) is 1.63. The molecule has 0 saturated heterocycles. The maximum absolute atomic E-state index is 10.9. The highest BCUT2D eigenvalue weighted by Gasteiger charge is 2.13. The van der Waals surface area contributed by atoms with Gasteiger partial charge in [0.2, 0.25) is 0 Å².